The third kappa shape index (κ3) is 3.57. The first-order valence-corrected chi connectivity index (χ1v) is 5.76. The van der Waals surface area contributed by atoms with Crippen LogP contribution in [0.2, 0.25) is 0 Å². The van der Waals surface area contributed by atoms with Crippen LogP contribution in [-0.2, 0) is 17.6 Å². The number of rotatable bonds is 4. The first-order chi connectivity index (χ1) is 9.91. The minimum absolute atomic E-state index is 0.163. The molecule has 0 radical (unpaired) electrons. The molecule has 2 aromatic rings. The molecule has 0 aliphatic rings. The number of hydrogen-bond acceptors (Lipinski definition) is 4. The van der Waals surface area contributed by atoms with Crippen LogP contribution in [0.3, 0.4) is 0 Å². The fraction of sp³-hybridized carbons (Fsp3) is 0.250. The highest BCUT2D eigenvalue weighted by molar-refractivity contribution is 6.05. The van der Waals surface area contributed by atoms with Gasteiger partial charge in [0.1, 0.15) is 6.73 Å². The quantitative estimate of drug-likeness (QED) is 0.939. The smallest absolute Gasteiger partial charge is 0.362 e. The number of carbonyl (C=O) groups is 1. The average molecular weight is 300 g/mol. The van der Waals surface area contributed by atoms with E-state index in [0.717, 1.165) is 18.5 Å². The number of anilines is 1. The number of methoxy groups -OCH3 is 1. The normalized spacial score (nSPS) is 11.4. The lowest BCUT2D eigenvalue weighted by atomic mass is 10.1. The van der Waals surface area contributed by atoms with Crippen LogP contribution in [0.4, 0.5) is 18.9 Å². The van der Waals surface area contributed by atoms with Gasteiger partial charge in [-0.25, -0.2) is 4.68 Å². The van der Waals surface area contributed by atoms with Gasteiger partial charge in [0.05, 0.1) is 29.2 Å². The van der Waals surface area contributed by atoms with E-state index in [1.165, 1.54) is 24.2 Å². The number of carbonyl (C=O) groups excluding carboxylic acids is 1. The first-order valence-electron chi connectivity index (χ1n) is 5.76. The SMILES string of the molecule is COCn1cc(NC(=O)c2cnccc2C(F)(F)F)cn1. The lowest BCUT2D eigenvalue weighted by Gasteiger charge is -2.11. The van der Waals surface area contributed by atoms with E-state index in [1.54, 1.807) is 0 Å². The van der Waals surface area contributed by atoms with E-state index in [1.807, 2.05) is 0 Å². The number of nitrogens with one attached hydrogen (secondary N) is 1. The van der Waals surface area contributed by atoms with Crippen LogP contribution in [0, 0.1) is 0 Å². The molecule has 0 saturated heterocycles. The molecule has 21 heavy (non-hydrogen) atoms. The molecular formula is C12H11F3N4O2. The molecule has 2 heterocycles. The number of ether oxygens (including phenoxy) is 1. The van der Waals surface area contributed by atoms with Crippen LogP contribution in [-0.4, -0.2) is 27.8 Å². The minimum atomic E-state index is -4.63. The summed E-state index contributed by atoms with van der Waals surface area (Å²) >= 11 is 0. The second-order valence-electron chi connectivity index (χ2n) is 4.06. The number of halogens is 3. The molecule has 0 atom stereocenters. The molecular weight excluding hydrogens is 289 g/mol. The lowest BCUT2D eigenvalue weighted by molar-refractivity contribution is -0.137. The van der Waals surface area contributed by atoms with E-state index in [2.05, 4.69) is 15.4 Å². The maximum Gasteiger partial charge on any atom is 0.417 e. The second-order valence-corrected chi connectivity index (χ2v) is 4.06. The van der Waals surface area contributed by atoms with Crippen molar-refractivity contribution in [1.82, 2.24) is 14.8 Å². The Balaban J connectivity index is 2.20. The van der Waals surface area contributed by atoms with Gasteiger partial charge in [-0.2, -0.15) is 18.3 Å². The highest BCUT2D eigenvalue weighted by Gasteiger charge is 2.35. The Morgan fingerprint density at radius 1 is 1.43 bits per heavy atom. The molecule has 2 aromatic heterocycles. The van der Waals surface area contributed by atoms with Crippen molar-refractivity contribution in [2.75, 3.05) is 12.4 Å². The summed E-state index contributed by atoms with van der Waals surface area (Å²) < 4.78 is 44.6. The van der Waals surface area contributed by atoms with Gasteiger partial charge in [0.25, 0.3) is 5.91 Å². The second kappa shape index (κ2) is 5.92. The van der Waals surface area contributed by atoms with E-state index in [4.69, 9.17) is 4.74 Å². The van der Waals surface area contributed by atoms with Crippen molar-refractivity contribution in [2.24, 2.45) is 0 Å². The van der Waals surface area contributed by atoms with Gasteiger partial charge in [-0.15, -0.1) is 0 Å². The molecule has 6 nitrogen and oxygen atoms in total. The van der Waals surface area contributed by atoms with E-state index < -0.39 is 23.2 Å². The van der Waals surface area contributed by atoms with Gasteiger partial charge in [0.2, 0.25) is 0 Å². The van der Waals surface area contributed by atoms with E-state index in [-0.39, 0.29) is 12.4 Å². The van der Waals surface area contributed by atoms with Crippen molar-refractivity contribution in [3.8, 4) is 0 Å². The standard InChI is InChI=1S/C12H11F3N4O2/c1-21-7-19-6-8(4-17-19)18-11(20)9-5-16-3-2-10(9)12(13,14)15/h2-6H,7H2,1H3,(H,18,20). The van der Waals surface area contributed by atoms with E-state index in [0.29, 0.717) is 0 Å². The largest absolute Gasteiger partial charge is 0.417 e. The van der Waals surface area contributed by atoms with Crippen LogP contribution in [0.5, 0.6) is 0 Å². The van der Waals surface area contributed by atoms with Gasteiger partial charge in [-0.1, -0.05) is 0 Å². The Morgan fingerprint density at radius 2 is 2.19 bits per heavy atom. The molecule has 2 rings (SSSR count). The topological polar surface area (TPSA) is 69.0 Å². The predicted molar refractivity (Wildman–Crippen MR) is 66.4 cm³/mol. The molecule has 0 unspecified atom stereocenters. The molecule has 0 aromatic carbocycles. The Morgan fingerprint density at radius 3 is 2.86 bits per heavy atom. The van der Waals surface area contributed by atoms with Gasteiger partial charge >= 0.3 is 6.18 Å². The summed E-state index contributed by atoms with van der Waals surface area (Å²) in [4.78, 5) is 15.5. The Bertz CT molecular complexity index is 639. The van der Waals surface area contributed by atoms with Gasteiger partial charge in [-0.3, -0.25) is 9.78 Å². The number of aromatic nitrogens is 3. The predicted octanol–water partition coefficient (Wildman–Crippen LogP) is 2.15. The van der Waals surface area contributed by atoms with Crippen molar-refractivity contribution in [3.05, 3.63) is 42.0 Å². The maximum atomic E-state index is 12.8. The number of alkyl halides is 3. The number of hydrogen-bond donors (Lipinski definition) is 1. The van der Waals surface area contributed by atoms with Crippen LogP contribution < -0.4 is 5.32 Å². The third-order valence-electron chi connectivity index (χ3n) is 2.52. The van der Waals surface area contributed by atoms with E-state index >= 15 is 0 Å². The van der Waals surface area contributed by atoms with Gasteiger partial charge in [-0.05, 0) is 6.07 Å². The molecule has 1 amide bonds. The third-order valence-corrected chi connectivity index (χ3v) is 2.52. The van der Waals surface area contributed by atoms with E-state index in [9.17, 15) is 18.0 Å². The number of nitrogens with zero attached hydrogens (tertiary/aromatic N) is 3. The van der Waals surface area contributed by atoms with Crippen molar-refractivity contribution < 1.29 is 22.7 Å². The van der Waals surface area contributed by atoms with Crippen molar-refractivity contribution in [2.45, 2.75) is 12.9 Å². The Labute approximate surface area is 117 Å². The molecule has 0 spiro atoms. The summed E-state index contributed by atoms with van der Waals surface area (Å²) in [5, 5.41) is 6.19. The zero-order chi connectivity index (χ0) is 15.5. The molecule has 0 bridgehead atoms. The molecule has 9 heteroatoms. The van der Waals surface area contributed by atoms with Crippen LogP contribution in [0.1, 0.15) is 15.9 Å². The Kier molecular flexibility index (Phi) is 4.22. The van der Waals surface area contributed by atoms with Crippen molar-refractivity contribution >= 4 is 11.6 Å². The summed E-state index contributed by atoms with van der Waals surface area (Å²) in [5.74, 6) is -0.910. The summed E-state index contributed by atoms with van der Waals surface area (Å²) in [7, 11) is 1.46. The summed E-state index contributed by atoms with van der Waals surface area (Å²) in [6.07, 6.45) is -0.0324. The lowest BCUT2D eigenvalue weighted by Crippen LogP contribution is -2.18. The van der Waals surface area contributed by atoms with Crippen LogP contribution in [0.15, 0.2) is 30.9 Å². The van der Waals surface area contributed by atoms with Crippen LogP contribution >= 0.6 is 0 Å². The fourth-order valence-electron chi connectivity index (χ4n) is 1.65. The Hall–Kier alpha value is -2.42. The van der Waals surface area contributed by atoms with Gasteiger partial charge in [0.15, 0.2) is 0 Å². The number of pyridine rings is 1. The van der Waals surface area contributed by atoms with Gasteiger partial charge in [0, 0.05) is 19.5 Å². The first kappa shape index (κ1) is 15.0. The summed E-state index contributed by atoms with van der Waals surface area (Å²) in [6.45, 7) is 0.163. The monoisotopic (exact) mass is 300 g/mol. The molecule has 0 aliphatic heterocycles. The molecule has 0 aliphatic carbocycles. The van der Waals surface area contributed by atoms with Crippen molar-refractivity contribution in [3.63, 3.8) is 0 Å². The molecule has 112 valence electrons. The highest BCUT2D eigenvalue weighted by Crippen LogP contribution is 2.31. The number of amides is 1. The molecule has 0 saturated carbocycles. The molecule has 1 N–H and O–H groups in total. The van der Waals surface area contributed by atoms with Crippen molar-refractivity contribution in [1.29, 1.82) is 0 Å². The fourth-order valence-corrected chi connectivity index (χ4v) is 1.65. The minimum Gasteiger partial charge on any atom is -0.362 e. The summed E-state index contributed by atoms with van der Waals surface area (Å²) in [6, 6.07) is 0.753. The average Bonchev–Trinajstić information content (AvgIpc) is 2.85. The zero-order valence-electron chi connectivity index (χ0n) is 10.9. The summed E-state index contributed by atoms with van der Waals surface area (Å²) in [5.41, 5.74) is -1.34. The maximum absolute atomic E-state index is 12.8. The highest BCUT2D eigenvalue weighted by atomic mass is 19.4. The molecule has 0 fully saturated rings. The van der Waals surface area contributed by atoms with Gasteiger partial charge < -0.3 is 10.1 Å². The zero-order valence-corrected chi connectivity index (χ0v) is 10.9. The van der Waals surface area contributed by atoms with Crippen LogP contribution in [0.25, 0.3) is 0 Å².